The topological polar surface area (TPSA) is 0 Å². The third-order valence-corrected chi connectivity index (χ3v) is 11.9. The third-order valence-electron chi connectivity index (χ3n) is 3.54. The van der Waals surface area contributed by atoms with Gasteiger partial charge in [-0.2, -0.15) is 0 Å². The Hall–Kier alpha value is -1.54. The molecule has 20 heavy (non-hydrogen) atoms. The molecule has 0 heterocycles. The van der Waals surface area contributed by atoms with E-state index < -0.39 is 19.8 Å². The molecule has 3 rings (SSSR count). The van der Waals surface area contributed by atoms with Gasteiger partial charge in [-0.3, -0.25) is 0 Å². The van der Waals surface area contributed by atoms with Crippen LogP contribution in [0.2, 0.25) is 0 Å². The van der Waals surface area contributed by atoms with Crippen LogP contribution in [0.1, 0.15) is 5.56 Å². The molecular weight excluding hydrogens is 347 g/mol. The van der Waals surface area contributed by atoms with Gasteiger partial charge in [-0.1, -0.05) is 0 Å². The molecule has 0 aromatic heterocycles. The normalized spacial score (nSPS) is 10.2. The molecule has 0 aliphatic heterocycles. The van der Waals surface area contributed by atoms with Crippen LogP contribution in [0.3, 0.4) is 0 Å². The average Bonchev–Trinajstić information content (AvgIpc) is 2.52. The first-order chi connectivity index (χ1) is 9.86. The Balaban J connectivity index is 2.17. The van der Waals surface area contributed by atoms with Crippen molar-refractivity contribution in [3.8, 4) is 0 Å². The van der Waals surface area contributed by atoms with Gasteiger partial charge in [-0.15, -0.1) is 0 Å². The molecule has 0 atom stereocenters. The zero-order chi connectivity index (χ0) is 13.8. The maximum atomic E-state index is 2.32. The third kappa shape index (κ3) is 2.80. The minimum absolute atomic E-state index is 1.43. The van der Waals surface area contributed by atoms with Gasteiger partial charge in [0.2, 0.25) is 0 Å². The monoisotopic (exact) mass is 365 g/mol. The minimum atomic E-state index is -2.04. The van der Waals surface area contributed by atoms with Gasteiger partial charge in [-0.05, 0) is 0 Å². The Kier molecular flexibility index (Phi) is 4.22. The summed E-state index contributed by atoms with van der Waals surface area (Å²) in [5, 5.41) is 0. The van der Waals surface area contributed by atoms with Crippen LogP contribution in [0, 0.1) is 6.92 Å². The van der Waals surface area contributed by atoms with E-state index in [0.717, 1.165) is 0 Å². The Morgan fingerprint density at radius 1 is 0.550 bits per heavy atom. The van der Waals surface area contributed by atoms with Gasteiger partial charge >= 0.3 is 128 Å². The molecule has 0 nitrogen and oxygen atoms in total. The Morgan fingerprint density at radius 3 is 1.50 bits per heavy atom. The van der Waals surface area contributed by atoms with Crippen molar-refractivity contribution in [1.82, 2.24) is 0 Å². The van der Waals surface area contributed by atoms with Gasteiger partial charge in [0.05, 0.1) is 0 Å². The zero-order valence-corrected chi connectivity index (χ0v) is 14.4. The molecule has 0 spiro atoms. The summed E-state index contributed by atoms with van der Waals surface area (Å²) in [6.45, 7) is 2.24. The van der Waals surface area contributed by atoms with Crippen molar-refractivity contribution in [1.29, 1.82) is 0 Å². The summed E-state index contributed by atoms with van der Waals surface area (Å²) >= 11 is -2.04. The molecule has 0 bridgehead atoms. The molecule has 0 amide bonds. The van der Waals surface area contributed by atoms with E-state index in [-0.39, 0.29) is 0 Å². The Bertz CT molecular complexity index is 635. The molecule has 3 aromatic rings. The van der Waals surface area contributed by atoms with Gasteiger partial charge in [0.1, 0.15) is 0 Å². The summed E-state index contributed by atoms with van der Waals surface area (Å²) < 4.78 is 4.65. The van der Waals surface area contributed by atoms with Gasteiger partial charge in [-0.25, -0.2) is 0 Å². The Labute approximate surface area is 127 Å². The number of aryl methyl sites for hydroxylation is 1. The summed E-state index contributed by atoms with van der Waals surface area (Å²) in [6.07, 6.45) is 0. The fraction of sp³-hybridized carbons (Fsp3) is 0.0526. The van der Waals surface area contributed by atoms with Crippen LogP contribution in [0.4, 0.5) is 0 Å². The van der Waals surface area contributed by atoms with Crippen molar-refractivity contribution in [3.05, 3.63) is 90.5 Å². The van der Waals surface area contributed by atoms with Crippen LogP contribution in [0.25, 0.3) is 0 Å². The number of hydrogen-bond donors (Lipinski definition) is 0. The fourth-order valence-corrected chi connectivity index (χ4v) is 10.4. The second-order valence-electron chi connectivity index (χ2n) is 4.92. The van der Waals surface area contributed by atoms with Gasteiger partial charge in [0.15, 0.2) is 0 Å². The van der Waals surface area contributed by atoms with E-state index in [4.69, 9.17) is 0 Å². The summed E-state index contributed by atoms with van der Waals surface area (Å²) in [4.78, 5) is 0. The number of rotatable bonds is 3. The molecule has 0 saturated heterocycles. The van der Waals surface area contributed by atoms with Crippen molar-refractivity contribution in [3.63, 3.8) is 0 Å². The number of benzene rings is 3. The second kappa shape index (κ2) is 6.27. The van der Waals surface area contributed by atoms with Crippen molar-refractivity contribution < 1.29 is 0 Å². The summed E-state index contributed by atoms with van der Waals surface area (Å²) in [6, 6.07) is 30.9. The summed E-state index contributed by atoms with van der Waals surface area (Å²) in [5.41, 5.74) is 1.43. The van der Waals surface area contributed by atoms with E-state index in [9.17, 15) is 0 Å². The predicted octanol–water partition coefficient (Wildman–Crippen LogP) is 2.51. The zero-order valence-electron chi connectivity index (χ0n) is 11.6. The molecule has 0 saturated carbocycles. The van der Waals surface area contributed by atoms with E-state index in [0.29, 0.717) is 0 Å². The Morgan fingerprint density at radius 2 is 1.00 bits per heavy atom. The molecule has 1 heteroatoms. The molecule has 0 aliphatic rings. The first kappa shape index (κ1) is 13.4. The van der Waals surface area contributed by atoms with Crippen LogP contribution in [0.5, 0.6) is 0 Å². The van der Waals surface area contributed by atoms with Crippen molar-refractivity contribution in [2.45, 2.75) is 6.92 Å². The van der Waals surface area contributed by atoms with Crippen LogP contribution in [0.15, 0.2) is 84.9 Å². The predicted molar refractivity (Wildman–Crippen MR) is 88.7 cm³/mol. The van der Waals surface area contributed by atoms with Gasteiger partial charge < -0.3 is 0 Å². The van der Waals surface area contributed by atoms with Crippen LogP contribution >= 0.6 is 0 Å². The van der Waals surface area contributed by atoms with Gasteiger partial charge in [0, 0.05) is 0 Å². The van der Waals surface area contributed by atoms with E-state index in [1.807, 2.05) is 0 Å². The average molecular weight is 364 g/mol. The van der Waals surface area contributed by atoms with Crippen molar-refractivity contribution in [2.24, 2.45) is 0 Å². The molecule has 96 valence electrons. The fourth-order valence-electron chi connectivity index (χ4n) is 2.54. The SMILES string of the molecule is Cc1cccc[c]1[Sn+]([c]1ccccc1)[c]1ccccc1. The first-order valence-electron chi connectivity index (χ1n) is 6.90. The van der Waals surface area contributed by atoms with Crippen molar-refractivity contribution in [2.75, 3.05) is 0 Å². The maximum absolute atomic E-state index is 2.32. The number of hydrogen-bond acceptors (Lipinski definition) is 0. The summed E-state index contributed by atoms with van der Waals surface area (Å²) in [7, 11) is 0. The standard InChI is InChI=1S/C7H7.2C6H5.Sn/c1-7-5-3-2-4-6-7;2*1-2-4-6-5-3-1;/h2-5H,1H3;2*1-5H;/q;;;+1. The molecule has 0 radical (unpaired) electrons. The molecule has 0 N–H and O–H groups in total. The second-order valence-corrected chi connectivity index (χ2v) is 11.9. The first-order valence-corrected chi connectivity index (χ1v) is 11.2. The molecular formula is C19H17Sn+. The quantitative estimate of drug-likeness (QED) is 0.627. The van der Waals surface area contributed by atoms with E-state index in [1.54, 1.807) is 3.58 Å². The van der Waals surface area contributed by atoms with Gasteiger partial charge in [0.25, 0.3) is 0 Å². The van der Waals surface area contributed by atoms with Crippen LogP contribution in [-0.4, -0.2) is 19.8 Å². The van der Waals surface area contributed by atoms with E-state index in [2.05, 4.69) is 91.9 Å². The summed E-state index contributed by atoms with van der Waals surface area (Å²) in [5.74, 6) is 0. The molecule has 0 aliphatic carbocycles. The van der Waals surface area contributed by atoms with Crippen molar-refractivity contribution >= 4 is 30.5 Å². The molecule has 0 fully saturated rings. The van der Waals surface area contributed by atoms with E-state index >= 15 is 0 Å². The molecule has 3 aromatic carbocycles. The van der Waals surface area contributed by atoms with Crippen LogP contribution < -0.4 is 10.7 Å². The van der Waals surface area contributed by atoms with Crippen LogP contribution in [-0.2, 0) is 0 Å². The van der Waals surface area contributed by atoms with E-state index in [1.165, 1.54) is 12.7 Å². The molecule has 0 unspecified atom stereocenters.